The molecule has 0 unspecified atom stereocenters. The van der Waals surface area contributed by atoms with Crippen molar-refractivity contribution in [3.8, 4) is 0 Å². The lowest BCUT2D eigenvalue weighted by Gasteiger charge is -2.29. The normalized spacial score (nSPS) is 13.5. The van der Waals surface area contributed by atoms with E-state index in [9.17, 15) is 4.79 Å². The minimum Gasteiger partial charge on any atom is -0.354 e. The first kappa shape index (κ1) is 16.4. The Bertz CT molecular complexity index is 701. The largest absolute Gasteiger partial charge is 0.354 e. The average molecular weight is 324 g/mol. The minimum atomic E-state index is -0.0545. The first-order chi connectivity index (χ1) is 11.8. The first-order valence-corrected chi connectivity index (χ1v) is 8.76. The van der Waals surface area contributed by atoms with Gasteiger partial charge in [-0.05, 0) is 37.0 Å². The number of hydrogen-bond acceptors (Lipinski definition) is 4. The van der Waals surface area contributed by atoms with Gasteiger partial charge in [0.05, 0.1) is 0 Å². The van der Waals surface area contributed by atoms with Crippen LogP contribution in [0, 0.1) is 0 Å². The van der Waals surface area contributed by atoms with E-state index in [1.54, 1.807) is 12.3 Å². The average Bonchev–Trinajstić information content (AvgIpc) is 2.64. The second-order valence-corrected chi connectivity index (χ2v) is 6.09. The Morgan fingerprint density at radius 2 is 2.12 bits per heavy atom. The van der Waals surface area contributed by atoms with Crippen molar-refractivity contribution in [1.29, 1.82) is 0 Å². The molecule has 1 N–H and O–H groups in total. The monoisotopic (exact) mass is 324 g/mol. The zero-order chi connectivity index (χ0) is 16.8. The SMILES string of the molecule is CCCCCNc1nccc(C(=O)N2CCCc3ccccc32)n1. The van der Waals surface area contributed by atoms with Gasteiger partial charge in [0.2, 0.25) is 5.95 Å². The molecule has 0 saturated heterocycles. The van der Waals surface area contributed by atoms with Crippen LogP contribution < -0.4 is 10.2 Å². The number of benzene rings is 1. The molecule has 2 aromatic rings. The van der Waals surface area contributed by atoms with Crippen LogP contribution in [0.4, 0.5) is 11.6 Å². The van der Waals surface area contributed by atoms with Crippen LogP contribution in [0.15, 0.2) is 36.5 Å². The van der Waals surface area contributed by atoms with Gasteiger partial charge >= 0.3 is 0 Å². The quantitative estimate of drug-likeness (QED) is 0.824. The summed E-state index contributed by atoms with van der Waals surface area (Å²) in [5.74, 6) is 0.475. The smallest absolute Gasteiger partial charge is 0.277 e. The number of aryl methyl sites for hydroxylation is 1. The van der Waals surface area contributed by atoms with Gasteiger partial charge in [-0.25, -0.2) is 9.97 Å². The van der Waals surface area contributed by atoms with Crippen LogP contribution in [0.1, 0.15) is 48.7 Å². The summed E-state index contributed by atoms with van der Waals surface area (Å²) in [6.45, 7) is 3.74. The number of fused-ring (bicyclic) bond motifs is 1. The fourth-order valence-corrected chi connectivity index (χ4v) is 3.02. The Morgan fingerprint density at radius 3 is 3.00 bits per heavy atom. The van der Waals surface area contributed by atoms with Crippen molar-refractivity contribution in [1.82, 2.24) is 9.97 Å². The summed E-state index contributed by atoms with van der Waals surface area (Å²) < 4.78 is 0. The summed E-state index contributed by atoms with van der Waals surface area (Å²) in [6, 6.07) is 9.80. The Balaban J connectivity index is 1.74. The lowest BCUT2D eigenvalue weighted by molar-refractivity contribution is 0.0980. The molecule has 0 fully saturated rings. The van der Waals surface area contributed by atoms with Gasteiger partial charge in [-0.1, -0.05) is 38.0 Å². The van der Waals surface area contributed by atoms with Crippen molar-refractivity contribution in [3.05, 3.63) is 47.8 Å². The molecule has 0 aliphatic carbocycles. The van der Waals surface area contributed by atoms with E-state index in [1.807, 2.05) is 23.1 Å². The molecule has 2 heterocycles. The van der Waals surface area contributed by atoms with Crippen LogP contribution in [0.2, 0.25) is 0 Å². The van der Waals surface area contributed by atoms with E-state index in [-0.39, 0.29) is 5.91 Å². The van der Waals surface area contributed by atoms with Crippen molar-refractivity contribution < 1.29 is 4.79 Å². The van der Waals surface area contributed by atoms with E-state index in [0.29, 0.717) is 11.6 Å². The number of para-hydroxylation sites is 1. The van der Waals surface area contributed by atoms with E-state index in [1.165, 1.54) is 18.4 Å². The number of carbonyl (C=O) groups excluding carboxylic acids is 1. The van der Waals surface area contributed by atoms with Crippen LogP contribution in [0.3, 0.4) is 0 Å². The molecule has 126 valence electrons. The Hall–Kier alpha value is -2.43. The number of hydrogen-bond donors (Lipinski definition) is 1. The van der Waals surface area contributed by atoms with Crippen LogP contribution in [-0.4, -0.2) is 29.0 Å². The molecule has 1 aromatic carbocycles. The summed E-state index contributed by atoms with van der Waals surface area (Å²) >= 11 is 0. The highest BCUT2D eigenvalue weighted by atomic mass is 16.2. The second kappa shape index (κ2) is 7.90. The number of nitrogens with one attached hydrogen (secondary N) is 1. The standard InChI is InChI=1S/C19H24N4O/c1-2-3-6-12-20-19-21-13-11-16(22-19)18(24)23-14-7-9-15-8-4-5-10-17(15)23/h4-5,8,10-11,13H,2-3,6-7,9,12,14H2,1H3,(H,20,21,22). The lowest BCUT2D eigenvalue weighted by Crippen LogP contribution is -2.36. The number of amides is 1. The fraction of sp³-hybridized carbons (Fsp3) is 0.421. The maximum Gasteiger partial charge on any atom is 0.277 e. The molecule has 1 amide bonds. The molecule has 1 aliphatic rings. The highest BCUT2D eigenvalue weighted by molar-refractivity contribution is 6.05. The lowest BCUT2D eigenvalue weighted by atomic mass is 10.0. The molecule has 0 bridgehead atoms. The topological polar surface area (TPSA) is 58.1 Å². The summed E-state index contributed by atoms with van der Waals surface area (Å²) in [7, 11) is 0. The third kappa shape index (κ3) is 3.72. The minimum absolute atomic E-state index is 0.0545. The van der Waals surface area contributed by atoms with Gasteiger partial charge in [0.15, 0.2) is 0 Å². The summed E-state index contributed by atoms with van der Waals surface area (Å²) in [6.07, 6.45) is 7.09. The zero-order valence-electron chi connectivity index (χ0n) is 14.2. The number of unbranched alkanes of at least 4 members (excludes halogenated alkanes) is 2. The third-order valence-corrected chi connectivity index (χ3v) is 4.29. The van der Waals surface area contributed by atoms with E-state index in [4.69, 9.17) is 0 Å². The molecule has 0 atom stereocenters. The van der Waals surface area contributed by atoms with Gasteiger partial charge in [-0.3, -0.25) is 4.79 Å². The predicted octanol–water partition coefficient (Wildman–Crippen LogP) is 3.67. The number of nitrogens with zero attached hydrogens (tertiary/aromatic N) is 3. The molecule has 5 heteroatoms. The molecule has 5 nitrogen and oxygen atoms in total. The van der Waals surface area contributed by atoms with Crippen LogP contribution in [0.5, 0.6) is 0 Å². The van der Waals surface area contributed by atoms with Crippen LogP contribution >= 0.6 is 0 Å². The van der Waals surface area contributed by atoms with E-state index < -0.39 is 0 Å². The van der Waals surface area contributed by atoms with Gasteiger partial charge in [0, 0.05) is 25.0 Å². The Kier molecular flexibility index (Phi) is 5.41. The van der Waals surface area contributed by atoms with Gasteiger partial charge in [0.25, 0.3) is 5.91 Å². The van der Waals surface area contributed by atoms with Crippen molar-refractivity contribution in [2.75, 3.05) is 23.3 Å². The van der Waals surface area contributed by atoms with Gasteiger partial charge in [-0.2, -0.15) is 0 Å². The summed E-state index contributed by atoms with van der Waals surface area (Å²) in [5, 5.41) is 3.20. The number of rotatable bonds is 6. The van der Waals surface area contributed by atoms with Crippen molar-refractivity contribution in [3.63, 3.8) is 0 Å². The molecule has 0 radical (unpaired) electrons. The van der Waals surface area contributed by atoms with Gasteiger partial charge < -0.3 is 10.2 Å². The van der Waals surface area contributed by atoms with Crippen molar-refractivity contribution in [2.45, 2.75) is 39.0 Å². The Morgan fingerprint density at radius 1 is 1.25 bits per heavy atom. The molecule has 0 saturated carbocycles. The van der Waals surface area contributed by atoms with Crippen LogP contribution in [-0.2, 0) is 6.42 Å². The summed E-state index contributed by atoms with van der Waals surface area (Å²) in [4.78, 5) is 23.4. The van der Waals surface area contributed by atoms with Crippen molar-refractivity contribution >= 4 is 17.5 Å². The predicted molar refractivity (Wildman–Crippen MR) is 96.5 cm³/mol. The highest BCUT2D eigenvalue weighted by Crippen LogP contribution is 2.27. The first-order valence-electron chi connectivity index (χ1n) is 8.76. The molecular weight excluding hydrogens is 300 g/mol. The molecule has 3 rings (SSSR count). The maximum absolute atomic E-state index is 12.9. The fourth-order valence-electron chi connectivity index (χ4n) is 3.02. The van der Waals surface area contributed by atoms with Crippen LogP contribution in [0.25, 0.3) is 0 Å². The van der Waals surface area contributed by atoms with E-state index in [2.05, 4.69) is 28.3 Å². The second-order valence-electron chi connectivity index (χ2n) is 6.09. The third-order valence-electron chi connectivity index (χ3n) is 4.29. The Labute approximate surface area is 143 Å². The molecule has 1 aliphatic heterocycles. The van der Waals surface area contributed by atoms with Gasteiger partial charge in [0.1, 0.15) is 5.69 Å². The number of aromatic nitrogens is 2. The molecular formula is C19H24N4O. The maximum atomic E-state index is 12.9. The number of anilines is 2. The highest BCUT2D eigenvalue weighted by Gasteiger charge is 2.24. The molecule has 24 heavy (non-hydrogen) atoms. The van der Waals surface area contributed by atoms with Crippen molar-refractivity contribution in [2.24, 2.45) is 0 Å². The number of carbonyl (C=O) groups is 1. The van der Waals surface area contributed by atoms with E-state index in [0.717, 1.165) is 38.0 Å². The molecule has 0 spiro atoms. The van der Waals surface area contributed by atoms with Gasteiger partial charge in [-0.15, -0.1) is 0 Å². The molecule has 1 aromatic heterocycles. The zero-order valence-corrected chi connectivity index (χ0v) is 14.2. The summed E-state index contributed by atoms with van der Waals surface area (Å²) in [5.41, 5.74) is 2.67. The van der Waals surface area contributed by atoms with E-state index >= 15 is 0 Å².